The maximum Gasteiger partial charge on any atom is 0.261 e. The highest BCUT2D eigenvalue weighted by atomic mass is 127. The van der Waals surface area contributed by atoms with Crippen LogP contribution in [0, 0.1) is 3.57 Å². The van der Waals surface area contributed by atoms with Gasteiger partial charge >= 0.3 is 0 Å². The van der Waals surface area contributed by atoms with E-state index in [4.69, 9.17) is 0 Å². The van der Waals surface area contributed by atoms with Gasteiger partial charge in [-0.15, -0.1) is 0 Å². The Morgan fingerprint density at radius 3 is 2.40 bits per heavy atom. The van der Waals surface area contributed by atoms with Crippen LogP contribution in [0.2, 0.25) is 0 Å². The molecule has 0 N–H and O–H groups in total. The summed E-state index contributed by atoms with van der Waals surface area (Å²) in [6.07, 6.45) is 1.18. The van der Waals surface area contributed by atoms with Gasteiger partial charge in [-0.05, 0) is 59.9 Å². The molecule has 0 atom stereocenters. The Balaban J connectivity index is 2.08. The van der Waals surface area contributed by atoms with E-state index in [0.717, 1.165) is 21.4 Å². The first-order valence-electron chi connectivity index (χ1n) is 9.64. The van der Waals surface area contributed by atoms with Gasteiger partial charge in [0.2, 0.25) is 0 Å². The average molecular weight is 557 g/mol. The smallest absolute Gasteiger partial charge is 0.261 e. The second kappa shape index (κ2) is 9.71. The number of amides is 1. The first kappa shape index (κ1) is 23.1. The number of sulfone groups is 1. The molecule has 1 heterocycles. The van der Waals surface area contributed by atoms with E-state index < -0.39 is 9.84 Å². The van der Waals surface area contributed by atoms with Gasteiger partial charge in [0.05, 0.1) is 15.2 Å². The fourth-order valence-electron chi connectivity index (χ4n) is 3.17. The molecule has 0 radical (unpaired) electrons. The van der Waals surface area contributed by atoms with E-state index in [1.165, 1.54) is 17.6 Å². The van der Waals surface area contributed by atoms with Crippen molar-refractivity contribution in [3.05, 3.63) is 51.6 Å². The summed E-state index contributed by atoms with van der Waals surface area (Å²) < 4.78 is 26.0. The molecule has 1 aromatic heterocycles. The van der Waals surface area contributed by atoms with Crippen molar-refractivity contribution < 1.29 is 13.2 Å². The van der Waals surface area contributed by atoms with E-state index in [0.29, 0.717) is 29.3 Å². The van der Waals surface area contributed by atoms with Gasteiger partial charge in [-0.25, -0.2) is 13.4 Å². The SMILES string of the molecule is CCN(CC)CCN(C(=O)c1ccccc1I)c1nc2c(S(C)(=O)=O)cccc2s1. The predicted molar refractivity (Wildman–Crippen MR) is 131 cm³/mol. The molecular weight excluding hydrogens is 533 g/mol. The Morgan fingerprint density at radius 2 is 1.77 bits per heavy atom. The van der Waals surface area contributed by atoms with E-state index in [1.807, 2.05) is 30.3 Å². The van der Waals surface area contributed by atoms with Crippen LogP contribution >= 0.6 is 33.9 Å². The summed E-state index contributed by atoms with van der Waals surface area (Å²) in [5, 5.41) is 0.512. The van der Waals surface area contributed by atoms with Gasteiger partial charge in [0.25, 0.3) is 5.91 Å². The first-order chi connectivity index (χ1) is 14.3. The highest BCUT2D eigenvalue weighted by Crippen LogP contribution is 2.33. The fraction of sp³-hybridized carbons (Fsp3) is 0.333. The minimum Gasteiger partial charge on any atom is -0.302 e. The number of nitrogens with zero attached hydrogens (tertiary/aromatic N) is 3. The second-order valence-corrected chi connectivity index (χ2v) is 11.0. The molecule has 0 spiro atoms. The average Bonchev–Trinajstić information content (AvgIpc) is 3.14. The molecule has 0 fully saturated rings. The van der Waals surface area contributed by atoms with E-state index >= 15 is 0 Å². The van der Waals surface area contributed by atoms with Crippen LogP contribution in [0.25, 0.3) is 10.2 Å². The third-order valence-electron chi connectivity index (χ3n) is 4.88. The number of rotatable bonds is 8. The monoisotopic (exact) mass is 557 g/mol. The van der Waals surface area contributed by atoms with Crippen molar-refractivity contribution in [2.75, 3.05) is 37.3 Å². The van der Waals surface area contributed by atoms with Gasteiger partial charge in [0.15, 0.2) is 15.0 Å². The van der Waals surface area contributed by atoms with E-state index in [2.05, 4.69) is 46.3 Å². The molecule has 3 rings (SSSR count). The number of likely N-dealkylation sites (N-methyl/N-ethyl adjacent to an activating group) is 1. The van der Waals surface area contributed by atoms with Gasteiger partial charge in [-0.3, -0.25) is 9.69 Å². The van der Waals surface area contributed by atoms with Crippen molar-refractivity contribution in [2.45, 2.75) is 18.7 Å². The number of hydrogen-bond donors (Lipinski definition) is 0. The molecule has 0 saturated heterocycles. The molecule has 3 aromatic rings. The Kier molecular flexibility index (Phi) is 7.48. The number of carbonyl (C=O) groups excluding carboxylic acids is 1. The van der Waals surface area contributed by atoms with Crippen LogP contribution in [-0.2, 0) is 9.84 Å². The zero-order chi connectivity index (χ0) is 21.9. The van der Waals surface area contributed by atoms with E-state index in [9.17, 15) is 13.2 Å². The largest absolute Gasteiger partial charge is 0.302 e. The van der Waals surface area contributed by atoms with Crippen LogP contribution in [0.15, 0.2) is 47.4 Å². The number of thiazole rings is 1. The molecule has 1 amide bonds. The highest BCUT2D eigenvalue weighted by Gasteiger charge is 2.25. The number of carbonyl (C=O) groups is 1. The molecule has 9 heteroatoms. The lowest BCUT2D eigenvalue weighted by molar-refractivity contribution is 0.0983. The van der Waals surface area contributed by atoms with Gasteiger partial charge in [0.1, 0.15) is 5.52 Å². The number of benzene rings is 2. The van der Waals surface area contributed by atoms with Crippen molar-refractivity contribution in [3.8, 4) is 0 Å². The third kappa shape index (κ3) is 5.01. The summed E-state index contributed by atoms with van der Waals surface area (Å²) >= 11 is 3.50. The Hall–Kier alpha value is -1.56. The number of anilines is 1. The zero-order valence-electron chi connectivity index (χ0n) is 17.1. The Labute approximate surface area is 195 Å². The van der Waals surface area contributed by atoms with Gasteiger partial charge in [-0.2, -0.15) is 0 Å². The predicted octanol–water partition coefficient (Wildman–Crippen LogP) is 4.29. The normalized spacial score (nSPS) is 11.9. The number of aromatic nitrogens is 1. The molecule has 0 aliphatic carbocycles. The molecule has 30 heavy (non-hydrogen) atoms. The lowest BCUT2D eigenvalue weighted by Crippen LogP contribution is -2.39. The van der Waals surface area contributed by atoms with Crippen molar-refractivity contribution in [3.63, 3.8) is 0 Å². The second-order valence-electron chi connectivity index (χ2n) is 6.84. The molecule has 0 aliphatic heterocycles. The molecular formula is C21H24IN3O3S2. The topological polar surface area (TPSA) is 70.6 Å². The van der Waals surface area contributed by atoms with Crippen LogP contribution in [0.5, 0.6) is 0 Å². The standard InChI is InChI=1S/C21H24IN3O3S2/c1-4-24(5-2)13-14-25(20(26)15-9-6-7-10-16(15)22)21-23-19-17(29-21)11-8-12-18(19)30(3,27)28/h6-12H,4-5,13-14H2,1-3H3. The van der Waals surface area contributed by atoms with Crippen LogP contribution in [0.1, 0.15) is 24.2 Å². The van der Waals surface area contributed by atoms with Gasteiger partial charge in [0, 0.05) is 22.9 Å². The minimum atomic E-state index is -3.42. The summed E-state index contributed by atoms with van der Waals surface area (Å²) in [5.74, 6) is -0.132. The lowest BCUT2D eigenvalue weighted by Gasteiger charge is -2.25. The molecule has 160 valence electrons. The zero-order valence-corrected chi connectivity index (χ0v) is 20.9. The molecule has 2 aromatic carbocycles. The van der Waals surface area contributed by atoms with Crippen molar-refractivity contribution in [2.24, 2.45) is 0 Å². The molecule has 0 saturated carbocycles. The number of halogens is 1. The summed E-state index contributed by atoms with van der Waals surface area (Å²) in [7, 11) is -3.42. The Morgan fingerprint density at radius 1 is 1.07 bits per heavy atom. The number of hydrogen-bond acceptors (Lipinski definition) is 6. The van der Waals surface area contributed by atoms with Crippen LogP contribution in [-0.4, -0.2) is 56.6 Å². The summed E-state index contributed by atoms with van der Waals surface area (Å²) in [6, 6.07) is 12.6. The van der Waals surface area contributed by atoms with Crippen LogP contribution in [0.3, 0.4) is 0 Å². The van der Waals surface area contributed by atoms with Crippen LogP contribution < -0.4 is 4.90 Å². The third-order valence-corrected chi connectivity index (χ3v) is 8.00. The highest BCUT2D eigenvalue weighted by molar-refractivity contribution is 14.1. The lowest BCUT2D eigenvalue weighted by atomic mass is 10.2. The Bertz CT molecular complexity index is 1160. The molecule has 6 nitrogen and oxygen atoms in total. The molecule has 0 bridgehead atoms. The fourth-order valence-corrected chi connectivity index (χ4v) is 5.70. The van der Waals surface area contributed by atoms with Gasteiger partial charge in [-0.1, -0.05) is 43.4 Å². The summed E-state index contributed by atoms with van der Waals surface area (Å²) in [6.45, 7) is 7.13. The maximum atomic E-state index is 13.5. The molecule has 0 unspecified atom stereocenters. The van der Waals surface area contributed by atoms with E-state index in [-0.39, 0.29) is 10.8 Å². The van der Waals surface area contributed by atoms with Crippen molar-refractivity contribution >= 4 is 65.0 Å². The van der Waals surface area contributed by atoms with Crippen molar-refractivity contribution in [1.82, 2.24) is 9.88 Å². The van der Waals surface area contributed by atoms with Crippen LogP contribution in [0.4, 0.5) is 5.13 Å². The summed E-state index contributed by atoms with van der Waals surface area (Å²) in [4.78, 5) is 22.2. The molecule has 0 aliphatic rings. The minimum absolute atomic E-state index is 0.132. The number of fused-ring (bicyclic) bond motifs is 1. The quantitative estimate of drug-likeness (QED) is 0.387. The van der Waals surface area contributed by atoms with E-state index in [1.54, 1.807) is 17.0 Å². The maximum absolute atomic E-state index is 13.5. The number of para-hydroxylation sites is 1. The first-order valence-corrected chi connectivity index (χ1v) is 13.4. The summed E-state index contributed by atoms with van der Waals surface area (Å²) in [5.41, 5.74) is 1.03. The van der Waals surface area contributed by atoms with Gasteiger partial charge < -0.3 is 4.90 Å². The van der Waals surface area contributed by atoms with Crippen molar-refractivity contribution in [1.29, 1.82) is 0 Å².